The molecule has 0 radical (unpaired) electrons. The van der Waals surface area contributed by atoms with E-state index in [0.717, 1.165) is 42.2 Å². The molecule has 3 heterocycles. The number of aliphatic hydroxyl groups excluding tert-OH is 1. The van der Waals surface area contributed by atoms with Gasteiger partial charge in [0.05, 0.1) is 30.4 Å². The van der Waals surface area contributed by atoms with E-state index in [9.17, 15) is 18.7 Å². The van der Waals surface area contributed by atoms with E-state index in [-0.39, 0.29) is 22.4 Å². The Balaban J connectivity index is 1.59. The number of anilines is 2. The van der Waals surface area contributed by atoms with Crippen molar-refractivity contribution < 1.29 is 23.4 Å². The summed E-state index contributed by atoms with van der Waals surface area (Å²) >= 11 is 1.02. The van der Waals surface area contributed by atoms with Crippen LogP contribution in [0.1, 0.15) is 34.1 Å². The van der Waals surface area contributed by atoms with Gasteiger partial charge in [0.15, 0.2) is 0 Å². The Morgan fingerprint density at radius 3 is 2.54 bits per heavy atom. The number of aromatic nitrogens is 1. The second kappa shape index (κ2) is 10.8. The summed E-state index contributed by atoms with van der Waals surface area (Å²) < 4.78 is 35.1. The third kappa shape index (κ3) is 6.02. The summed E-state index contributed by atoms with van der Waals surface area (Å²) in [4.78, 5) is 19.2. The lowest BCUT2D eigenvalue weighted by Crippen LogP contribution is -2.35. The van der Waals surface area contributed by atoms with Gasteiger partial charge in [0.1, 0.15) is 22.5 Å². The molecule has 1 saturated heterocycles. The fourth-order valence-corrected chi connectivity index (χ4v) is 5.17. The zero-order valence-corrected chi connectivity index (χ0v) is 20.4. The Labute approximate surface area is 206 Å². The highest BCUT2D eigenvalue weighted by Crippen LogP contribution is 2.39. The number of nitrogens with zero attached hydrogens (tertiary/aromatic N) is 2. The van der Waals surface area contributed by atoms with Crippen LogP contribution in [-0.2, 0) is 17.7 Å². The third-order valence-electron chi connectivity index (χ3n) is 5.81. The molecule has 0 saturated carbocycles. The molecule has 1 aromatic carbocycles. The first kappa shape index (κ1) is 25.2. The molecule has 186 valence electrons. The topological polar surface area (TPSA) is 101 Å². The molecule has 4 N–H and O–H groups in total. The zero-order valence-electron chi connectivity index (χ0n) is 19.6. The minimum Gasteiger partial charge on any atom is -0.393 e. The van der Waals surface area contributed by atoms with Gasteiger partial charge in [0.25, 0.3) is 5.91 Å². The van der Waals surface area contributed by atoms with Crippen molar-refractivity contribution in [1.29, 1.82) is 0 Å². The Morgan fingerprint density at radius 1 is 1.26 bits per heavy atom. The van der Waals surface area contributed by atoms with Gasteiger partial charge in [-0.2, -0.15) is 0 Å². The van der Waals surface area contributed by atoms with E-state index in [1.165, 1.54) is 18.2 Å². The minimum atomic E-state index is -0.772. The number of amides is 1. The van der Waals surface area contributed by atoms with Crippen molar-refractivity contribution in [1.82, 2.24) is 9.88 Å². The van der Waals surface area contributed by atoms with E-state index in [0.29, 0.717) is 29.6 Å². The number of nitrogens with one attached hydrogen (secondary N) is 1. The summed E-state index contributed by atoms with van der Waals surface area (Å²) in [6, 6.07) is 7.54. The molecule has 10 heteroatoms. The summed E-state index contributed by atoms with van der Waals surface area (Å²) in [6.07, 6.45) is -0.598. The van der Waals surface area contributed by atoms with Crippen LogP contribution in [0.25, 0.3) is 10.4 Å². The molecule has 1 amide bonds. The molecule has 4 rings (SSSR count). The van der Waals surface area contributed by atoms with Crippen LogP contribution < -0.4 is 11.1 Å². The fourth-order valence-electron chi connectivity index (χ4n) is 4.05. The number of carbonyl (C=O) groups excluding carboxylic acids is 1. The molecule has 0 spiro atoms. The lowest BCUT2D eigenvalue weighted by Gasteiger charge is -2.27. The monoisotopic (exact) mass is 502 g/mol. The van der Waals surface area contributed by atoms with Gasteiger partial charge in [0, 0.05) is 30.2 Å². The van der Waals surface area contributed by atoms with Crippen molar-refractivity contribution in [3.05, 3.63) is 64.4 Å². The number of hydrogen-bond donors (Lipinski definition) is 3. The Bertz CT molecular complexity index is 1200. The highest BCUT2D eigenvalue weighted by molar-refractivity contribution is 7.20. The third-order valence-corrected chi connectivity index (χ3v) is 6.88. The van der Waals surface area contributed by atoms with Gasteiger partial charge in [0.2, 0.25) is 0 Å². The zero-order chi connectivity index (χ0) is 25.1. The molecular weight excluding hydrogens is 474 g/mol. The van der Waals surface area contributed by atoms with Crippen molar-refractivity contribution in [2.75, 3.05) is 31.6 Å². The predicted molar refractivity (Wildman–Crippen MR) is 132 cm³/mol. The largest absolute Gasteiger partial charge is 0.393 e. The molecule has 1 aliphatic rings. The van der Waals surface area contributed by atoms with E-state index in [1.807, 2.05) is 13.0 Å². The lowest BCUT2D eigenvalue weighted by molar-refractivity contribution is 0.0340. The maximum atomic E-state index is 14.8. The number of halogens is 2. The van der Waals surface area contributed by atoms with E-state index in [4.69, 9.17) is 10.5 Å². The van der Waals surface area contributed by atoms with Gasteiger partial charge in [-0.05, 0) is 55.7 Å². The van der Waals surface area contributed by atoms with Gasteiger partial charge in [-0.1, -0.05) is 6.07 Å². The van der Waals surface area contributed by atoms with Gasteiger partial charge in [-0.25, -0.2) is 13.8 Å². The summed E-state index contributed by atoms with van der Waals surface area (Å²) in [7, 11) is 0. The second-order valence-corrected chi connectivity index (χ2v) is 9.71. The maximum absolute atomic E-state index is 14.8. The number of morpholine rings is 1. The van der Waals surface area contributed by atoms with Gasteiger partial charge < -0.3 is 20.9 Å². The van der Waals surface area contributed by atoms with Crippen LogP contribution in [-0.4, -0.2) is 53.3 Å². The highest BCUT2D eigenvalue weighted by atomic mass is 32.1. The van der Waals surface area contributed by atoms with Crippen molar-refractivity contribution in [2.45, 2.75) is 32.9 Å². The number of aryl methyl sites for hydroxylation is 1. The number of aliphatic hydroxyl groups is 1. The molecule has 1 atom stereocenters. The maximum Gasteiger partial charge on any atom is 0.251 e. The van der Waals surface area contributed by atoms with Crippen molar-refractivity contribution in [3.63, 3.8) is 0 Å². The summed E-state index contributed by atoms with van der Waals surface area (Å²) in [5.74, 6) is -1.77. The summed E-state index contributed by atoms with van der Waals surface area (Å²) in [6.45, 7) is 7.39. The number of pyridine rings is 1. The van der Waals surface area contributed by atoms with Crippen molar-refractivity contribution in [2.24, 2.45) is 5.73 Å². The predicted octanol–water partition coefficient (Wildman–Crippen LogP) is 3.99. The van der Waals surface area contributed by atoms with E-state index >= 15 is 0 Å². The normalized spacial score (nSPS) is 15.2. The Kier molecular flexibility index (Phi) is 7.75. The standard InChI is InChI=1S/C25H28F2N4O3S/c1-14(32)9-16-10-19(26)23(20(27)11-16)21-12-18(24(28)33)25(35-21)30-22-4-3-17(15(2)29-22)13-31-5-7-34-8-6-31/h3-4,10-12,14,32H,5-9,13H2,1-2H3,(H2,28,33)(H,29,30). The Hall–Kier alpha value is -2.92. The molecule has 1 aliphatic heterocycles. The molecule has 0 bridgehead atoms. The number of ether oxygens (including phenoxy) is 1. The molecule has 35 heavy (non-hydrogen) atoms. The van der Waals surface area contributed by atoms with Gasteiger partial charge in [-0.15, -0.1) is 11.3 Å². The van der Waals surface area contributed by atoms with Crippen LogP contribution in [0, 0.1) is 18.6 Å². The average molecular weight is 503 g/mol. The average Bonchev–Trinajstić information content (AvgIpc) is 3.19. The molecule has 3 aromatic rings. The number of benzene rings is 1. The smallest absolute Gasteiger partial charge is 0.251 e. The van der Waals surface area contributed by atoms with Crippen LogP contribution >= 0.6 is 11.3 Å². The molecule has 1 unspecified atom stereocenters. The Morgan fingerprint density at radius 2 is 1.94 bits per heavy atom. The number of carbonyl (C=O) groups is 1. The molecule has 2 aromatic heterocycles. The first-order valence-electron chi connectivity index (χ1n) is 11.3. The van der Waals surface area contributed by atoms with Crippen molar-refractivity contribution in [3.8, 4) is 10.4 Å². The highest BCUT2D eigenvalue weighted by Gasteiger charge is 2.21. The van der Waals surface area contributed by atoms with Crippen LogP contribution in [0.2, 0.25) is 0 Å². The second-order valence-electron chi connectivity index (χ2n) is 8.66. The van der Waals surface area contributed by atoms with E-state index in [1.54, 1.807) is 13.0 Å². The number of nitrogens with two attached hydrogens (primary N) is 1. The first-order valence-corrected chi connectivity index (χ1v) is 12.2. The number of rotatable bonds is 8. The SMILES string of the molecule is Cc1nc(Nc2sc(-c3c(F)cc(CC(C)O)cc3F)cc2C(N)=O)ccc1CN1CCOCC1. The molecular formula is C25H28F2N4O3S. The number of thiophene rings is 1. The number of hydrogen-bond acceptors (Lipinski definition) is 7. The van der Waals surface area contributed by atoms with Crippen LogP contribution in [0.15, 0.2) is 30.3 Å². The van der Waals surface area contributed by atoms with Gasteiger partial charge in [-0.3, -0.25) is 9.69 Å². The first-order chi connectivity index (χ1) is 16.7. The van der Waals surface area contributed by atoms with E-state index in [2.05, 4.69) is 15.2 Å². The molecule has 1 fully saturated rings. The fraction of sp³-hybridized carbons (Fsp3) is 0.360. The summed E-state index contributed by atoms with van der Waals surface area (Å²) in [5, 5.41) is 13.0. The van der Waals surface area contributed by atoms with Crippen molar-refractivity contribution >= 4 is 28.1 Å². The molecule has 0 aliphatic carbocycles. The van der Waals surface area contributed by atoms with Crippen LogP contribution in [0.5, 0.6) is 0 Å². The summed E-state index contributed by atoms with van der Waals surface area (Å²) in [5.41, 5.74) is 7.69. The quantitative estimate of drug-likeness (QED) is 0.431. The van der Waals surface area contributed by atoms with Crippen LogP contribution in [0.3, 0.4) is 0 Å². The minimum absolute atomic E-state index is 0.119. The van der Waals surface area contributed by atoms with E-state index < -0.39 is 23.6 Å². The number of primary amides is 1. The lowest BCUT2D eigenvalue weighted by atomic mass is 10.0. The molecule has 7 nitrogen and oxygen atoms in total. The van der Waals surface area contributed by atoms with Gasteiger partial charge >= 0.3 is 0 Å². The van der Waals surface area contributed by atoms with Crippen LogP contribution in [0.4, 0.5) is 19.6 Å².